The number of halogens is 2. The number of hydrogen-bond donors (Lipinski definition) is 1. The third-order valence-corrected chi connectivity index (χ3v) is 3.74. The molecular weight excluding hydrogens is 328 g/mol. The average Bonchev–Trinajstić information content (AvgIpc) is 2.60. The molecule has 1 amide bonds. The zero-order chi connectivity index (χ0) is 18.2. The molecule has 0 aromatic heterocycles. The number of nitrogens with one attached hydrogen (secondary N) is 1. The number of carbonyl (C=O) groups excluding carboxylic acids is 1. The Bertz CT molecular complexity index is 702. The summed E-state index contributed by atoms with van der Waals surface area (Å²) >= 11 is 0. The number of alkyl halides is 2. The van der Waals surface area contributed by atoms with Crippen LogP contribution in [0.4, 0.5) is 14.5 Å². The fourth-order valence-corrected chi connectivity index (χ4v) is 2.37. The Kier molecular flexibility index (Phi) is 6.74. The van der Waals surface area contributed by atoms with Crippen molar-refractivity contribution in [3.63, 3.8) is 0 Å². The number of hydrogen-bond acceptors (Lipinski definition) is 3. The molecular formula is C19H21F2NO3. The van der Waals surface area contributed by atoms with Crippen molar-refractivity contribution < 1.29 is 23.0 Å². The average molecular weight is 349 g/mol. The molecule has 0 fully saturated rings. The highest BCUT2D eigenvalue weighted by molar-refractivity contribution is 5.91. The maximum absolute atomic E-state index is 12.4. The van der Waals surface area contributed by atoms with E-state index in [0.717, 1.165) is 12.0 Å². The normalized spacial score (nSPS) is 10.6. The van der Waals surface area contributed by atoms with Crippen LogP contribution in [0.15, 0.2) is 42.5 Å². The fourth-order valence-electron chi connectivity index (χ4n) is 2.37. The van der Waals surface area contributed by atoms with Gasteiger partial charge in [-0.3, -0.25) is 4.79 Å². The van der Waals surface area contributed by atoms with Crippen LogP contribution in [0, 0.1) is 0 Å². The third kappa shape index (κ3) is 5.74. The van der Waals surface area contributed by atoms with Crippen LogP contribution in [0.5, 0.6) is 11.5 Å². The molecule has 1 N–H and O–H groups in total. The van der Waals surface area contributed by atoms with Gasteiger partial charge in [0.25, 0.3) is 0 Å². The van der Waals surface area contributed by atoms with Crippen molar-refractivity contribution in [3.05, 3.63) is 53.6 Å². The molecule has 2 aromatic carbocycles. The van der Waals surface area contributed by atoms with Crippen molar-refractivity contribution in [2.24, 2.45) is 0 Å². The minimum absolute atomic E-state index is 0.120. The van der Waals surface area contributed by atoms with Gasteiger partial charge in [-0.2, -0.15) is 8.78 Å². The van der Waals surface area contributed by atoms with Crippen LogP contribution >= 0.6 is 0 Å². The van der Waals surface area contributed by atoms with E-state index >= 15 is 0 Å². The summed E-state index contributed by atoms with van der Waals surface area (Å²) in [5.74, 6) is -0.146. The second kappa shape index (κ2) is 9.01. The number of methoxy groups -OCH3 is 1. The van der Waals surface area contributed by atoms with Crippen LogP contribution in [0.3, 0.4) is 0 Å². The van der Waals surface area contributed by atoms with Crippen molar-refractivity contribution in [2.75, 3.05) is 12.4 Å². The van der Waals surface area contributed by atoms with Crippen LogP contribution in [-0.4, -0.2) is 19.6 Å². The van der Waals surface area contributed by atoms with E-state index in [0.29, 0.717) is 18.5 Å². The molecule has 6 heteroatoms. The first-order chi connectivity index (χ1) is 12.0. The molecule has 0 heterocycles. The van der Waals surface area contributed by atoms with Crippen LogP contribution in [-0.2, 0) is 17.6 Å². The molecule has 0 unspecified atom stereocenters. The van der Waals surface area contributed by atoms with Crippen molar-refractivity contribution in [2.45, 2.75) is 32.8 Å². The lowest BCUT2D eigenvalue weighted by atomic mass is 10.1. The molecule has 0 atom stereocenters. The molecule has 0 bridgehead atoms. The third-order valence-electron chi connectivity index (χ3n) is 3.74. The highest BCUT2D eigenvalue weighted by Crippen LogP contribution is 2.31. The summed E-state index contributed by atoms with van der Waals surface area (Å²) in [5.41, 5.74) is 2.70. The molecule has 0 aliphatic heterocycles. The topological polar surface area (TPSA) is 47.6 Å². The smallest absolute Gasteiger partial charge is 0.387 e. The van der Waals surface area contributed by atoms with Crippen LogP contribution in [0.25, 0.3) is 0 Å². The predicted octanol–water partition coefficient (Wildman–Crippen LogP) is 4.43. The monoisotopic (exact) mass is 349 g/mol. The summed E-state index contributed by atoms with van der Waals surface area (Å²) in [6.45, 7) is -0.880. The quantitative estimate of drug-likeness (QED) is 0.767. The van der Waals surface area contributed by atoms with Gasteiger partial charge in [0.15, 0.2) is 11.5 Å². The highest BCUT2D eigenvalue weighted by Gasteiger charge is 2.12. The number of carbonyl (C=O) groups is 1. The van der Waals surface area contributed by atoms with Crippen LogP contribution < -0.4 is 14.8 Å². The van der Waals surface area contributed by atoms with E-state index < -0.39 is 6.61 Å². The zero-order valence-corrected chi connectivity index (χ0v) is 14.2. The Hall–Kier alpha value is -2.63. The van der Waals surface area contributed by atoms with E-state index in [1.165, 1.54) is 24.8 Å². The van der Waals surface area contributed by atoms with E-state index in [1.807, 2.05) is 24.3 Å². The minimum atomic E-state index is -2.97. The number of anilines is 1. The summed E-state index contributed by atoms with van der Waals surface area (Å²) in [4.78, 5) is 12.1. The Morgan fingerprint density at radius 2 is 1.76 bits per heavy atom. The number of rotatable bonds is 8. The molecule has 0 saturated heterocycles. The van der Waals surface area contributed by atoms with E-state index in [9.17, 15) is 13.6 Å². The minimum Gasteiger partial charge on any atom is -0.493 e. The summed E-state index contributed by atoms with van der Waals surface area (Å²) < 4.78 is 34.2. The first kappa shape index (κ1) is 18.7. The molecule has 25 heavy (non-hydrogen) atoms. The first-order valence-electron chi connectivity index (χ1n) is 8.02. The van der Waals surface area contributed by atoms with Crippen LogP contribution in [0.2, 0.25) is 0 Å². The zero-order valence-electron chi connectivity index (χ0n) is 14.2. The molecule has 0 spiro atoms. The van der Waals surface area contributed by atoms with Crippen molar-refractivity contribution >= 4 is 11.6 Å². The molecule has 2 rings (SSSR count). The van der Waals surface area contributed by atoms with Gasteiger partial charge < -0.3 is 14.8 Å². The summed E-state index contributed by atoms with van der Waals surface area (Å²) in [7, 11) is 1.36. The second-order valence-corrected chi connectivity index (χ2v) is 5.46. The Labute approximate surface area is 145 Å². The molecule has 2 aromatic rings. The van der Waals surface area contributed by atoms with Crippen molar-refractivity contribution in [1.29, 1.82) is 0 Å². The largest absolute Gasteiger partial charge is 0.493 e. The Morgan fingerprint density at radius 1 is 1.08 bits per heavy atom. The van der Waals surface area contributed by atoms with Crippen LogP contribution in [0.1, 0.15) is 24.5 Å². The predicted molar refractivity (Wildman–Crippen MR) is 92.4 cm³/mol. The van der Waals surface area contributed by atoms with Gasteiger partial charge >= 0.3 is 6.61 Å². The standard InChI is InChI=1S/C19H21F2NO3/c1-3-13-4-6-14(7-5-13)8-11-18(23)22-15-9-10-16(24-2)17(12-15)25-19(20)21/h4-7,9-10,12,19H,3,8,11H2,1-2H3,(H,22,23). The van der Waals surface area contributed by atoms with Gasteiger partial charge in [-0.25, -0.2) is 0 Å². The Morgan fingerprint density at radius 3 is 2.36 bits per heavy atom. The maximum atomic E-state index is 12.4. The van der Waals surface area contributed by atoms with E-state index in [1.54, 1.807) is 6.07 Å². The number of benzene rings is 2. The lowest BCUT2D eigenvalue weighted by Gasteiger charge is -2.12. The molecule has 0 aliphatic carbocycles. The Balaban J connectivity index is 1.94. The molecule has 4 nitrogen and oxygen atoms in total. The van der Waals surface area contributed by atoms with Crippen molar-refractivity contribution in [1.82, 2.24) is 0 Å². The maximum Gasteiger partial charge on any atom is 0.387 e. The van der Waals surface area contributed by atoms with Crippen molar-refractivity contribution in [3.8, 4) is 11.5 Å². The van der Waals surface area contributed by atoms with E-state index in [-0.39, 0.29) is 17.4 Å². The summed E-state index contributed by atoms with van der Waals surface area (Å²) in [6.07, 6.45) is 1.87. The fraction of sp³-hybridized carbons (Fsp3) is 0.316. The van der Waals surface area contributed by atoms with Gasteiger partial charge in [0, 0.05) is 18.2 Å². The van der Waals surface area contributed by atoms with Gasteiger partial charge in [0.05, 0.1) is 7.11 Å². The molecule has 0 radical (unpaired) electrons. The number of ether oxygens (including phenoxy) is 2. The van der Waals surface area contributed by atoms with Gasteiger partial charge in [0.1, 0.15) is 0 Å². The SMILES string of the molecule is CCc1ccc(CCC(=O)Nc2ccc(OC)c(OC(F)F)c2)cc1. The van der Waals surface area contributed by atoms with Gasteiger partial charge in [-0.15, -0.1) is 0 Å². The summed E-state index contributed by atoms with van der Waals surface area (Å²) in [6, 6.07) is 12.5. The van der Waals surface area contributed by atoms with E-state index in [2.05, 4.69) is 17.0 Å². The van der Waals surface area contributed by atoms with Gasteiger partial charge in [-0.05, 0) is 36.1 Å². The first-order valence-corrected chi connectivity index (χ1v) is 8.02. The summed E-state index contributed by atoms with van der Waals surface area (Å²) in [5, 5.41) is 2.68. The molecule has 0 aliphatic rings. The lowest BCUT2D eigenvalue weighted by Crippen LogP contribution is -2.13. The second-order valence-electron chi connectivity index (χ2n) is 5.46. The number of aryl methyl sites for hydroxylation is 2. The lowest BCUT2D eigenvalue weighted by molar-refractivity contribution is -0.116. The highest BCUT2D eigenvalue weighted by atomic mass is 19.3. The van der Waals surface area contributed by atoms with Gasteiger partial charge in [-0.1, -0.05) is 31.2 Å². The van der Waals surface area contributed by atoms with E-state index in [4.69, 9.17) is 4.74 Å². The molecule has 0 saturated carbocycles. The number of amides is 1. The molecule has 134 valence electrons. The van der Waals surface area contributed by atoms with Gasteiger partial charge in [0.2, 0.25) is 5.91 Å².